The standard InChI is InChI=1S/C26H43N3O3/c1-2-17-27-22(12-14-26(31)32-24-9-5-3-6-10-24)11-13-25(30)29-20-15-23(16-21-29)28-18-7-4-8-19-28/h2,17,23-24H,3-16,18-21H2,1H3/b17-2-,27-22-. The van der Waals surface area contributed by atoms with Gasteiger partial charge in [0.1, 0.15) is 6.10 Å². The smallest absolute Gasteiger partial charge is 0.306 e. The van der Waals surface area contributed by atoms with Crippen molar-refractivity contribution in [3.05, 3.63) is 12.3 Å². The number of nitrogens with zero attached hydrogens (tertiary/aromatic N) is 3. The molecule has 32 heavy (non-hydrogen) atoms. The topological polar surface area (TPSA) is 62.2 Å². The number of ether oxygens (including phenoxy) is 1. The first kappa shape index (κ1) is 24.9. The molecule has 0 aromatic carbocycles. The molecule has 0 aromatic rings. The van der Waals surface area contributed by atoms with E-state index >= 15 is 0 Å². The van der Waals surface area contributed by atoms with Crippen molar-refractivity contribution in [2.45, 2.75) is 109 Å². The molecule has 3 aliphatic rings. The van der Waals surface area contributed by atoms with Crippen molar-refractivity contribution in [3.8, 4) is 0 Å². The molecule has 2 heterocycles. The highest BCUT2D eigenvalue weighted by Crippen LogP contribution is 2.22. The fourth-order valence-electron chi connectivity index (χ4n) is 5.28. The van der Waals surface area contributed by atoms with Crippen molar-refractivity contribution in [3.63, 3.8) is 0 Å². The van der Waals surface area contributed by atoms with E-state index in [1.807, 2.05) is 17.9 Å². The maximum atomic E-state index is 12.8. The minimum absolute atomic E-state index is 0.0987. The average molecular weight is 446 g/mol. The Morgan fingerprint density at radius 2 is 1.50 bits per heavy atom. The van der Waals surface area contributed by atoms with Crippen molar-refractivity contribution < 1.29 is 14.3 Å². The third-order valence-electron chi connectivity index (χ3n) is 7.23. The maximum Gasteiger partial charge on any atom is 0.306 e. The predicted molar refractivity (Wildman–Crippen MR) is 129 cm³/mol. The fraction of sp³-hybridized carbons (Fsp3) is 0.808. The van der Waals surface area contributed by atoms with Crippen LogP contribution in [0.2, 0.25) is 0 Å². The van der Waals surface area contributed by atoms with E-state index in [2.05, 4.69) is 9.89 Å². The highest BCUT2D eigenvalue weighted by atomic mass is 16.5. The van der Waals surface area contributed by atoms with Crippen LogP contribution in [0.15, 0.2) is 17.3 Å². The van der Waals surface area contributed by atoms with Gasteiger partial charge in [0.2, 0.25) is 5.91 Å². The van der Waals surface area contributed by atoms with Crippen molar-refractivity contribution in [2.75, 3.05) is 26.2 Å². The van der Waals surface area contributed by atoms with Crippen LogP contribution in [-0.4, -0.2) is 65.7 Å². The van der Waals surface area contributed by atoms with Crippen molar-refractivity contribution >= 4 is 17.6 Å². The van der Waals surface area contributed by atoms with Crippen LogP contribution in [0.4, 0.5) is 0 Å². The molecule has 0 N–H and O–H groups in total. The van der Waals surface area contributed by atoms with Gasteiger partial charge in [-0.25, -0.2) is 0 Å². The average Bonchev–Trinajstić information content (AvgIpc) is 2.84. The van der Waals surface area contributed by atoms with Gasteiger partial charge in [-0.15, -0.1) is 0 Å². The van der Waals surface area contributed by atoms with E-state index in [1.54, 1.807) is 6.20 Å². The fourth-order valence-corrected chi connectivity index (χ4v) is 5.28. The van der Waals surface area contributed by atoms with E-state index < -0.39 is 0 Å². The van der Waals surface area contributed by atoms with Crippen molar-refractivity contribution in [1.29, 1.82) is 0 Å². The number of hydrogen-bond donors (Lipinski definition) is 0. The lowest BCUT2D eigenvalue weighted by atomic mass is 9.98. The lowest BCUT2D eigenvalue weighted by molar-refractivity contribution is -0.150. The van der Waals surface area contributed by atoms with Crippen molar-refractivity contribution in [1.82, 2.24) is 9.80 Å². The quantitative estimate of drug-likeness (QED) is 0.375. The molecule has 1 saturated carbocycles. The number of likely N-dealkylation sites (tertiary alicyclic amines) is 2. The Balaban J connectivity index is 1.38. The zero-order chi connectivity index (χ0) is 22.6. The van der Waals surface area contributed by atoms with Gasteiger partial charge in [0.25, 0.3) is 0 Å². The predicted octanol–water partition coefficient (Wildman–Crippen LogP) is 4.87. The summed E-state index contributed by atoms with van der Waals surface area (Å²) in [6.45, 7) is 6.12. The van der Waals surface area contributed by atoms with Gasteiger partial charge >= 0.3 is 5.97 Å². The third kappa shape index (κ3) is 8.34. The molecule has 3 rings (SSSR count). The molecular formula is C26H43N3O3. The highest BCUT2D eigenvalue weighted by Gasteiger charge is 2.27. The number of carbonyl (C=O) groups excluding carboxylic acids is 2. The first-order valence-corrected chi connectivity index (χ1v) is 13.0. The molecule has 0 bridgehead atoms. The Hall–Kier alpha value is -1.69. The van der Waals surface area contributed by atoms with E-state index in [1.165, 1.54) is 38.8 Å². The Kier molecular flexibility index (Phi) is 10.7. The molecule has 0 atom stereocenters. The van der Waals surface area contributed by atoms with Crippen LogP contribution in [0.5, 0.6) is 0 Å². The van der Waals surface area contributed by atoms with Gasteiger partial charge in [-0.05, 0) is 84.2 Å². The summed E-state index contributed by atoms with van der Waals surface area (Å²) in [7, 11) is 0. The van der Waals surface area contributed by atoms with Crippen molar-refractivity contribution in [2.24, 2.45) is 4.99 Å². The molecule has 0 spiro atoms. The van der Waals surface area contributed by atoms with Gasteiger partial charge in [-0.2, -0.15) is 0 Å². The molecule has 6 nitrogen and oxygen atoms in total. The molecule has 0 radical (unpaired) electrons. The second-order valence-electron chi connectivity index (χ2n) is 9.64. The zero-order valence-corrected chi connectivity index (χ0v) is 20.1. The van der Waals surface area contributed by atoms with Crippen LogP contribution < -0.4 is 0 Å². The van der Waals surface area contributed by atoms with Gasteiger partial charge in [-0.1, -0.05) is 18.9 Å². The Bertz CT molecular complexity index is 641. The summed E-state index contributed by atoms with van der Waals surface area (Å²) in [5.41, 5.74) is 0.917. The number of esters is 1. The third-order valence-corrected chi connectivity index (χ3v) is 7.23. The molecule has 1 aliphatic carbocycles. The van der Waals surface area contributed by atoms with E-state index in [-0.39, 0.29) is 18.0 Å². The SMILES string of the molecule is C/C=C\N=C(/CCC(=O)OC1CCCCC1)CCC(=O)N1CCC(N2CCCCC2)CC1. The molecular weight excluding hydrogens is 402 g/mol. The Morgan fingerprint density at radius 3 is 2.19 bits per heavy atom. The largest absolute Gasteiger partial charge is 0.462 e. The summed E-state index contributed by atoms with van der Waals surface area (Å²) < 4.78 is 5.64. The molecule has 2 aliphatic heterocycles. The summed E-state index contributed by atoms with van der Waals surface area (Å²) in [6.07, 6.45) is 17.5. The van der Waals surface area contributed by atoms with Crippen LogP contribution in [0.3, 0.4) is 0 Å². The minimum Gasteiger partial charge on any atom is -0.462 e. The molecule has 1 amide bonds. The first-order valence-electron chi connectivity index (χ1n) is 13.0. The number of amides is 1. The van der Waals surface area contributed by atoms with E-state index in [9.17, 15) is 9.59 Å². The van der Waals surface area contributed by atoms with Gasteiger partial charge in [0, 0.05) is 37.5 Å². The summed E-state index contributed by atoms with van der Waals surface area (Å²) in [5.74, 6) is 0.0937. The van der Waals surface area contributed by atoms with E-state index in [0.29, 0.717) is 31.7 Å². The highest BCUT2D eigenvalue weighted by molar-refractivity contribution is 5.91. The minimum atomic E-state index is -0.129. The van der Waals surface area contributed by atoms with E-state index in [0.717, 1.165) is 57.3 Å². The first-order chi connectivity index (χ1) is 15.7. The van der Waals surface area contributed by atoms with Gasteiger partial charge < -0.3 is 14.5 Å². The molecule has 0 aromatic heterocycles. The number of allylic oxidation sites excluding steroid dienone is 1. The Morgan fingerprint density at radius 1 is 0.844 bits per heavy atom. The summed E-state index contributed by atoms with van der Waals surface area (Å²) in [4.78, 5) is 34.2. The molecule has 2 saturated heterocycles. The van der Waals surface area contributed by atoms with Gasteiger partial charge in [0.15, 0.2) is 0 Å². The van der Waals surface area contributed by atoms with E-state index in [4.69, 9.17) is 4.74 Å². The molecule has 0 unspecified atom stereocenters. The monoisotopic (exact) mass is 445 g/mol. The molecule has 6 heteroatoms. The van der Waals surface area contributed by atoms with Crippen LogP contribution in [0.1, 0.15) is 96.8 Å². The maximum absolute atomic E-state index is 12.8. The summed E-state index contributed by atoms with van der Waals surface area (Å²) in [5, 5.41) is 0. The van der Waals surface area contributed by atoms with Gasteiger partial charge in [-0.3, -0.25) is 14.6 Å². The number of aliphatic imine (C=N–C) groups is 1. The number of carbonyl (C=O) groups is 2. The number of hydrogen-bond acceptors (Lipinski definition) is 5. The summed E-state index contributed by atoms with van der Waals surface area (Å²) in [6, 6.07) is 0.654. The second-order valence-corrected chi connectivity index (χ2v) is 9.64. The van der Waals surface area contributed by atoms with Gasteiger partial charge in [0.05, 0.1) is 6.42 Å². The zero-order valence-electron chi connectivity index (χ0n) is 20.1. The van der Waals surface area contributed by atoms with Crippen LogP contribution in [-0.2, 0) is 14.3 Å². The van der Waals surface area contributed by atoms with Crippen LogP contribution in [0.25, 0.3) is 0 Å². The van der Waals surface area contributed by atoms with Crippen LogP contribution >= 0.6 is 0 Å². The number of rotatable bonds is 9. The normalized spacial score (nSPS) is 22.4. The van der Waals surface area contributed by atoms with Crippen LogP contribution in [0, 0.1) is 0 Å². The lowest BCUT2D eigenvalue weighted by Crippen LogP contribution is -2.48. The lowest BCUT2D eigenvalue weighted by Gasteiger charge is -2.40. The Labute approximate surface area is 194 Å². The second kappa shape index (κ2) is 13.8. The molecule has 180 valence electrons. The molecule has 3 fully saturated rings. The number of piperidine rings is 2. The summed E-state index contributed by atoms with van der Waals surface area (Å²) >= 11 is 0.